The van der Waals surface area contributed by atoms with Gasteiger partial charge in [0, 0.05) is 0 Å². The molecular weight excluding hydrogens is 200 g/mol. The average molecular weight is 214 g/mol. The van der Waals surface area contributed by atoms with Crippen LogP contribution in [0.3, 0.4) is 0 Å². The monoisotopic (exact) mass is 214 g/mol. The van der Waals surface area contributed by atoms with Crippen LogP contribution < -0.4 is 4.84 Å². The summed E-state index contributed by atoms with van der Waals surface area (Å²) in [5, 5.41) is 13.1. The summed E-state index contributed by atoms with van der Waals surface area (Å²) in [7, 11) is 0. The predicted octanol–water partition coefficient (Wildman–Crippen LogP) is 3.14. The van der Waals surface area contributed by atoms with Crippen LogP contribution in [0.25, 0.3) is 0 Å². The maximum absolute atomic E-state index is 8.97. The average Bonchev–Trinajstić information content (AvgIpc) is 2.38. The normalized spacial score (nSPS) is 22.7. The van der Waals surface area contributed by atoms with Gasteiger partial charge in [-0.2, -0.15) is 5.26 Å². The first-order valence-corrected chi connectivity index (χ1v) is 5.58. The zero-order chi connectivity index (χ0) is 11.2. The van der Waals surface area contributed by atoms with Crippen molar-refractivity contribution in [2.75, 3.05) is 0 Å². The Labute approximate surface area is 95.3 Å². The zero-order valence-corrected chi connectivity index (χ0v) is 9.10. The Hall–Kier alpha value is -1.82. The summed E-state index contributed by atoms with van der Waals surface area (Å²) < 4.78 is 0. The third kappa shape index (κ3) is 2.60. The predicted molar refractivity (Wildman–Crippen MR) is 62.1 cm³/mol. The number of nitrogens with zero attached hydrogens (tertiary/aromatic N) is 2. The SMILES string of the molecule is N#CC1CCCC/C1=N\Oc1ccccc1. The zero-order valence-electron chi connectivity index (χ0n) is 9.10. The maximum Gasteiger partial charge on any atom is 0.157 e. The smallest absolute Gasteiger partial charge is 0.157 e. The van der Waals surface area contributed by atoms with Crippen molar-refractivity contribution < 1.29 is 4.84 Å². The number of para-hydroxylation sites is 1. The van der Waals surface area contributed by atoms with E-state index in [0.717, 1.165) is 37.1 Å². The van der Waals surface area contributed by atoms with Crippen LogP contribution in [0.5, 0.6) is 5.75 Å². The second kappa shape index (κ2) is 5.32. The van der Waals surface area contributed by atoms with Crippen molar-refractivity contribution in [2.45, 2.75) is 25.7 Å². The van der Waals surface area contributed by atoms with Crippen LogP contribution in [0.1, 0.15) is 25.7 Å². The highest BCUT2D eigenvalue weighted by Crippen LogP contribution is 2.21. The third-order valence-electron chi connectivity index (χ3n) is 2.75. The highest BCUT2D eigenvalue weighted by atomic mass is 16.6. The Morgan fingerprint density at radius 2 is 2.06 bits per heavy atom. The fraction of sp³-hybridized carbons (Fsp3) is 0.385. The van der Waals surface area contributed by atoms with Gasteiger partial charge in [-0.1, -0.05) is 29.8 Å². The molecule has 1 aromatic carbocycles. The summed E-state index contributed by atoms with van der Waals surface area (Å²) in [6, 6.07) is 11.7. The van der Waals surface area contributed by atoms with E-state index in [-0.39, 0.29) is 5.92 Å². The van der Waals surface area contributed by atoms with E-state index in [9.17, 15) is 0 Å². The number of hydrogen-bond donors (Lipinski definition) is 0. The molecule has 1 aliphatic carbocycles. The Morgan fingerprint density at radius 3 is 2.81 bits per heavy atom. The lowest BCUT2D eigenvalue weighted by molar-refractivity contribution is 0.334. The molecule has 2 rings (SSSR count). The van der Waals surface area contributed by atoms with Crippen LogP contribution in [0.4, 0.5) is 0 Å². The van der Waals surface area contributed by atoms with Crippen LogP contribution >= 0.6 is 0 Å². The molecule has 0 aromatic heterocycles. The molecule has 1 unspecified atom stereocenters. The molecule has 0 N–H and O–H groups in total. The van der Waals surface area contributed by atoms with Crippen molar-refractivity contribution in [3.05, 3.63) is 30.3 Å². The van der Waals surface area contributed by atoms with Crippen LogP contribution in [0.15, 0.2) is 35.5 Å². The number of hydrogen-bond acceptors (Lipinski definition) is 3. The summed E-state index contributed by atoms with van der Waals surface area (Å²) in [6.45, 7) is 0. The standard InChI is InChI=1S/C13H14N2O/c14-10-11-6-4-5-9-13(11)15-16-12-7-2-1-3-8-12/h1-3,7-8,11H,4-6,9H2/b15-13+. The number of rotatable bonds is 2. The maximum atomic E-state index is 8.97. The van der Waals surface area contributed by atoms with Gasteiger partial charge in [-0.15, -0.1) is 0 Å². The molecule has 1 atom stereocenters. The van der Waals surface area contributed by atoms with E-state index in [0.29, 0.717) is 0 Å². The van der Waals surface area contributed by atoms with E-state index in [4.69, 9.17) is 10.1 Å². The minimum atomic E-state index is -0.0579. The Balaban J connectivity index is 2.03. The van der Waals surface area contributed by atoms with Gasteiger partial charge in [0.2, 0.25) is 0 Å². The van der Waals surface area contributed by atoms with Crippen molar-refractivity contribution in [1.29, 1.82) is 5.26 Å². The Kier molecular flexibility index (Phi) is 3.55. The molecular formula is C13H14N2O. The van der Waals surface area contributed by atoms with E-state index in [2.05, 4.69) is 11.2 Å². The quantitative estimate of drug-likeness (QED) is 0.710. The van der Waals surface area contributed by atoms with Crippen LogP contribution in [-0.4, -0.2) is 5.71 Å². The van der Waals surface area contributed by atoms with Gasteiger partial charge in [-0.25, -0.2) is 0 Å². The van der Waals surface area contributed by atoms with Crippen LogP contribution in [0, 0.1) is 17.2 Å². The van der Waals surface area contributed by atoms with E-state index < -0.39 is 0 Å². The van der Waals surface area contributed by atoms with Gasteiger partial charge in [0.05, 0.1) is 17.7 Å². The minimum absolute atomic E-state index is 0.0579. The van der Waals surface area contributed by atoms with Crippen molar-refractivity contribution in [3.63, 3.8) is 0 Å². The summed E-state index contributed by atoms with van der Waals surface area (Å²) in [5.74, 6) is 0.662. The van der Waals surface area contributed by atoms with Crippen molar-refractivity contribution in [3.8, 4) is 11.8 Å². The highest BCUT2D eigenvalue weighted by molar-refractivity contribution is 5.89. The summed E-state index contributed by atoms with van der Waals surface area (Å²) in [6.07, 6.45) is 4.01. The van der Waals surface area contributed by atoms with Gasteiger partial charge in [0.15, 0.2) is 5.75 Å². The van der Waals surface area contributed by atoms with Gasteiger partial charge in [-0.05, 0) is 31.4 Å². The van der Waals surface area contributed by atoms with E-state index in [1.165, 1.54) is 0 Å². The third-order valence-corrected chi connectivity index (χ3v) is 2.75. The molecule has 1 aliphatic rings. The highest BCUT2D eigenvalue weighted by Gasteiger charge is 2.20. The minimum Gasteiger partial charge on any atom is -0.357 e. The summed E-state index contributed by atoms with van der Waals surface area (Å²) in [4.78, 5) is 5.31. The summed E-state index contributed by atoms with van der Waals surface area (Å²) >= 11 is 0. The first-order valence-electron chi connectivity index (χ1n) is 5.58. The molecule has 0 spiro atoms. The second-order valence-electron chi connectivity index (χ2n) is 3.91. The number of nitriles is 1. The lowest BCUT2D eigenvalue weighted by Gasteiger charge is -2.17. The Morgan fingerprint density at radius 1 is 1.25 bits per heavy atom. The van der Waals surface area contributed by atoms with Gasteiger partial charge >= 0.3 is 0 Å². The van der Waals surface area contributed by atoms with Crippen LogP contribution in [0.2, 0.25) is 0 Å². The molecule has 3 nitrogen and oxygen atoms in total. The largest absolute Gasteiger partial charge is 0.357 e. The molecule has 3 heteroatoms. The lowest BCUT2D eigenvalue weighted by atomic mass is 9.88. The van der Waals surface area contributed by atoms with E-state index in [1.807, 2.05) is 30.3 Å². The first-order chi connectivity index (χ1) is 7.90. The van der Waals surface area contributed by atoms with Crippen LogP contribution in [-0.2, 0) is 0 Å². The molecule has 1 fully saturated rings. The molecule has 0 radical (unpaired) electrons. The van der Waals surface area contributed by atoms with Gasteiger partial charge in [-0.3, -0.25) is 0 Å². The van der Waals surface area contributed by atoms with E-state index in [1.54, 1.807) is 0 Å². The Bertz CT molecular complexity index is 406. The van der Waals surface area contributed by atoms with Crippen molar-refractivity contribution >= 4 is 5.71 Å². The van der Waals surface area contributed by atoms with E-state index >= 15 is 0 Å². The molecule has 0 amide bonds. The second-order valence-corrected chi connectivity index (χ2v) is 3.91. The molecule has 0 aliphatic heterocycles. The number of benzene rings is 1. The molecule has 1 aromatic rings. The van der Waals surface area contributed by atoms with Gasteiger partial charge in [0.25, 0.3) is 0 Å². The molecule has 0 bridgehead atoms. The molecule has 0 heterocycles. The topological polar surface area (TPSA) is 45.4 Å². The van der Waals surface area contributed by atoms with Crippen molar-refractivity contribution in [2.24, 2.45) is 11.1 Å². The first kappa shape index (κ1) is 10.7. The van der Waals surface area contributed by atoms with Gasteiger partial charge < -0.3 is 4.84 Å². The summed E-state index contributed by atoms with van der Waals surface area (Å²) in [5.41, 5.74) is 0.887. The fourth-order valence-corrected chi connectivity index (χ4v) is 1.84. The molecule has 1 saturated carbocycles. The van der Waals surface area contributed by atoms with Gasteiger partial charge in [0.1, 0.15) is 0 Å². The lowest BCUT2D eigenvalue weighted by Crippen LogP contribution is -2.18. The number of oxime groups is 1. The van der Waals surface area contributed by atoms with Crippen molar-refractivity contribution in [1.82, 2.24) is 0 Å². The molecule has 16 heavy (non-hydrogen) atoms. The molecule has 82 valence electrons. The fourth-order valence-electron chi connectivity index (χ4n) is 1.84. The molecule has 0 saturated heterocycles.